The summed E-state index contributed by atoms with van der Waals surface area (Å²) in [6, 6.07) is 3.11. The molecule has 8 heteroatoms. The van der Waals surface area contributed by atoms with E-state index < -0.39 is 17.7 Å². The normalized spacial score (nSPS) is 20.0. The Morgan fingerprint density at radius 2 is 1.95 bits per heavy atom. The molecule has 0 radical (unpaired) electrons. The third-order valence-electron chi connectivity index (χ3n) is 2.90. The topological polar surface area (TPSA) is 69.5 Å². The molecule has 2 rings (SSSR count). The average molecular weight is 345 g/mol. The van der Waals surface area contributed by atoms with Crippen LogP contribution in [0.2, 0.25) is 5.02 Å². The zero-order valence-corrected chi connectivity index (χ0v) is 13.5. The number of alkyl halides is 1. The van der Waals surface area contributed by atoms with Crippen molar-refractivity contribution in [3.63, 3.8) is 0 Å². The van der Waals surface area contributed by atoms with Crippen LogP contribution in [0, 0.1) is 0 Å². The number of ether oxygens (including phenoxy) is 3. The van der Waals surface area contributed by atoms with Crippen LogP contribution in [0.15, 0.2) is 22.1 Å². The molecule has 0 saturated heterocycles. The van der Waals surface area contributed by atoms with E-state index in [9.17, 15) is 4.79 Å². The highest BCUT2D eigenvalue weighted by Gasteiger charge is 2.16. The van der Waals surface area contributed by atoms with Gasteiger partial charge < -0.3 is 14.2 Å². The fourth-order valence-corrected chi connectivity index (χ4v) is 2.18. The van der Waals surface area contributed by atoms with Gasteiger partial charge in [-0.3, -0.25) is 9.98 Å². The molecule has 0 atom stereocenters. The second-order valence-corrected chi connectivity index (χ2v) is 5.09. The molecule has 0 aliphatic carbocycles. The van der Waals surface area contributed by atoms with Crippen LogP contribution in [0.1, 0.15) is 15.9 Å². The maximum Gasteiger partial charge on any atom is 0.337 e. The van der Waals surface area contributed by atoms with Crippen molar-refractivity contribution >= 4 is 41.6 Å². The van der Waals surface area contributed by atoms with Gasteiger partial charge in [-0.05, 0) is 12.1 Å². The number of hydrogen-bond donors (Lipinski definition) is 0. The SMILES string of the molecule is COC(=O)c1cc(COC2C=NC(Cl)N=C2)c(Cl)c(OC)c1. The molecule has 0 saturated carbocycles. The Morgan fingerprint density at radius 1 is 1.27 bits per heavy atom. The lowest BCUT2D eigenvalue weighted by atomic mass is 10.1. The van der Waals surface area contributed by atoms with E-state index in [4.69, 9.17) is 37.4 Å². The molecule has 22 heavy (non-hydrogen) atoms. The number of carbonyl (C=O) groups excluding carboxylic acids is 1. The van der Waals surface area contributed by atoms with Crippen LogP contribution in [0.3, 0.4) is 0 Å². The van der Waals surface area contributed by atoms with Gasteiger partial charge in [-0.15, -0.1) is 0 Å². The number of carbonyl (C=O) groups is 1. The van der Waals surface area contributed by atoms with Gasteiger partial charge >= 0.3 is 5.97 Å². The minimum Gasteiger partial charge on any atom is -0.495 e. The van der Waals surface area contributed by atoms with Crippen molar-refractivity contribution in [3.8, 4) is 5.75 Å². The van der Waals surface area contributed by atoms with Crippen molar-refractivity contribution in [1.29, 1.82) is 0 Å². The molecule has 0 N–H and O–H groups in total. The first kappa shape index (κ1) is 16.7. The number of hydrogen-bond acceptors (Lipinski definition) is 6. The molecule has 118 valence electrons. The molecule has 0 unspecified atom stereocenters. The average Bonchev–Trinajstić information content (AvgIpc) is 2.54. The van der Waals surface area contributed by atoms with Crippen molar-refractivity contribution in [2.45, 2.75) is 18.3 Å². The first-order valence-corrected chi connectivity index (χ1v) is 7.13. The summed E-state index contributed by atoms with van der Waals surface area (Å²) >= 11 is 11.9. The Hall–Kier alpha value is -1.63. The lowest BCUT2D eigenvalue weighted by Gasteiger charge is -2.15. The third kappa shape index (κ3) is 3.97. The van der Waals surface area contributed by atoms with Crippen LogP contribution in [0.5, 0.6) is 5.75 Å². The molecule has 0 spiro atoms. The van der Waals surface area contributed by atoms with E-state index in [0.29, 0.717) is 21.9 Å². The van der Waals surface area contributed by atoms with Crippen LogP contribution in [-0.4, -0.2) is 44.3 Å². The number of methoxy groups -OCH3 is 2. The zero-order valence-electron chi connectivity index (χ0n) is 12.0. The van der Waals surface area contributed by atoms with Crippen LogP contribution in [0.4, 0.5) is 0 Å². The minimum atomic E-state index is -0.605. The molecule has 1 heterocycles. The molecular formula is C14H14Cl2N2O4. The first-order chi connectivity index (χ1) is 10.5. The Morgan fingerprint density at radius 3 is 2.55 bits per heavy atom. The predicted molar refractivity (Wildman–Crippen MR) is 84.5 cm³/mol. The summed E-state index contributed by atoms with van der Waals surface area (Å²) in [5.41, 5.74) is 0.316. The van der Waals surface area contributed by atoms with Gasteiger partial charge in [0.2, 0.25) is 5.62 Å². The molecule has 1 aromatic carbocycles. The predicted octanol–water partition coefficient (Wildman–Crippen LogP) is 2.70. The number of benzene rings is 1. The Kier molecular flexibility index (Phi) is 5.76. The van der Waals surface area contributed by atoms with Gasteiger partial charge in [-0.1, -0.05) is 23.2 Å². The van der Waals surface area contributed by atoms with Gasteiger partial charge in [0.05, 0.1) is 31.4 Å². The number of esters is 1. The number of rotatable bonds is 5. The van der Waals surface area contributed by atoms with Gasteiger partial charge in [0.15, 0.2) is 0 Å². The number of halogens is 2. The molecule has 0 amide bonds. The van der Waals surface area contributed by atoms with Gasteiger partial charge in [0, 0.05) is 18.0 Å². The Bertz CT molecular complexity index is 605. The van der Waals surface area contributed by atoms with E-state index in [1.165, 1.54) is 20.3 Å². The van der Waals surface area contributed by atoms with E-state index in [0.717, 1.165) is 0 Å². The van der Waals surface area contributed by atoms with Crippen LogP contribution in [-0.2, 0) is 16.1 Å². The summed E-state index contributed by atoms with van der Waals surface area (Å²) in [7, 11) is 2.77. The van der Waals surface area contributed by atoms with E-state index in [-0.39, 0.29) is 6.61 Å². The van der Waals surface area contributed by atoms with E-state index in [1.807, 2.05) is 0 Å². The molecule has 0 fully saturated rings. The van der Waals surface area contributed by atoms with Crippen molar-refractivity contribution < 1.29 is 19.0 Å². The Labute approximate surface area is 137 Å². The second-order valence-electron chi connectivity index (χ2n) is 4.33. The van der Waals surface area contributed by atoms with E-state index >= 15 is 0 Å². The fraction of sp³-hybridized carbons (Fsp3) is 0.357. The monoisotopic (exact) mass is 344 g/mol. The minimum absolute atomic E-state index is 0.148. The summed E-state index contributed by atoms with van der Waals surface area (Å²) in [4.78, 5) is 19.5. The molecule has 1 aliphatic rings. The smallest absolute Gasteiger partial charge is 0.337 e. The summed E-state index contributed by atoms with van der Waals surface area (Å²) in [6.07, 6.45) is 2.71. The van der Waals surface area contributed by atoms with E-state index in [2.05, 4.69) is 9.98 Å². The summed E-state index contributed by atoms with van der Waals surface area (Å²) in [6.45, 7) is 0.148. The van der Waals surface area contributed by atoms with Crippen molar-refractivity contribution in [3.05, 3.63) is 28.3 Å². The lowest BCUT2D eigenvalue weighted by molar-refractivity contribution is 0.0600. The lowest BCUT2D eigenvalue weighted by Crippen LogP contribution is -2.21. The first-order valence-electron chi connectivity index (χ1n) is 6.32. The Balaban J connectivity index is 2.17. The second kappa shape index (κ2) is 7.58. The summed E-state index contributed by atoms with van der Waals surface area (Å²) < 4.78 is 15.5. The highest BCUT2D eigenvalue weighted by Crippen LogP contribution is 2.31. The number of nitrogens with zero attached hydrogens (tertiary/aromatic N) is 2. The van der Waals surface area contributed by atoms with E-state index in [1.54, 1.807) is 18.5 Å². The largest absolute Gasteiger partial charge is 0.495 e. The maximum atomic E-state index is 11.7. The quantitative estimate of drug-likeness (QED) is 0.467. The highest BCUT2D eigenvalue weighted by molar-refractivity contribution is 6.33. The summed E-state index contributed by atoms with van der Waals surface area (Å²) in [5, 5.41) is 0.370. The number of aliphatic imine (C=N–C) groups is 2. The van der Waals surface area contributed by atoms with Crippen LogP contribution in [0.25, 0.3) is 0 Å². The van der Waals surface area contributed by atoms with Gasteiger partial charge in [0.25, 0.3) is 0 Å². The zero-order chi connectivity index (χ0) is 16.1. The maximum absolute atomic E-state index is 11.7. The molecule has 1 aliphatic heterocycles. The molecular weight excluding hydrogens is 331 g/mol. The molecule has 0 bridgehead atoms. The van der Waals surface area contributed by atoms with Crippen molar-refractivity contribution in [2.75, 3.05) is 14.2 Å². The molecule has 0 aromatic heterocycles. The standard InChI is InChI=1S/C14H14Cl2N2O4/c1-20-11-4-8(13(19)21-2)3-9(12(11)15)7-22-10-5-17-14(16)18-6-10/h3-6,10,14H,7H2,1-2H3. The third-order valence-corrected chi connectivity index (χ3v) is 3.55. The highest BCUT2D eigenvalue weighted by atomic mass is 35.5. The van der Waals surface area contributed by atoms with Crippen LogP contribution < -0.4 is 4.74 Å². The molecule has 6 nitrogen and oxygen atoms in total. The summed E-state index contributed by atoms with van der Waals surface area (Å²) in [5.74, 6) is -0.114. The van der Waals surface area contributed by atoms with Gasteiger partial charge in [-0.25, -0.2) is 4.79 Å². The fourth-order valence-electron chi connectivity index (χ4n) is 1.81. The van der Waals surface area contributed by atoms with Gasteiger partial charge in [-0.2, -0.15) is 0 Å². The van der Waals surface area contributed by atoms with Gasteiger partial charge in [0.1, 0.15) is 11.9 Å². The van der Waals surface area contributed by atoms with Crippen LogP contribution >= 0.6 is 23.2 Å². The molecule has 1 aromatic rings. The van der Waals surface area contributed by atoms with Crippen molar-refractivity contribution in [1.82, 2.24) is 0 Å². The van der Waals surface area contributed by atoms with Crippen molar-refractivity contribution in [2.24, 2.45) is 9.98 Å².